The van der Waals surface area contributed by atoms with E-state index in [2.05, 4.69) is 20.3 Å². The average Bonchev–Trinajstić information content (AvgIpc) is 3.35. The molecule has 1 aliphatic heterocycles. The second-order valence-corrected chi connectivity index (χ2v) is 6.45. The quantitative estimate of drug-likeness (QED) is 0.633. The van der Waals surface area contributed by atoms with E-state index in [0.717, 1.165) is 43.0 Å². The molecule has 138 valence electrons. The maximum atomic E-state index is 12.2. The summed E-state index contributed by atoms with van der Waals surface area (Å²) < 4.78 is 0. The van der Waals surface area contributed by atoms with Gasteiger partial charge < -0.3 is 20.1 Å². The molecule has 0 unspecified atom stereocenters. The zero-order valence-corrected chi connectivity index (χ0v) is 15.4. The van der Waals surface area contributed by atoms with Gasteiger partial charge in [0.1, 0.15) is 5.82 Å². The van der Waals surface area contributed by atoms with Crippen molar-refractivity contribution in [1.29, 1.82) is 0 Å². The Kier molecular flexibility index (Phi) is 5.88. The number of amides is 1. The first-order valence-corrected chi connectivity index (χ1v) is 8.96. The standard InChI is InChI=1S/C19H26N6O/c1-20-19(22-13-18(26)25-10-6-7-11-25)24(2)14-17-21-12-16(23-17)15-8-4-3-5-9-15/h3-5,8-9,12H,6-7,10-11,13-14H2,1-2H3,(H,20,22)(H,21,23). The number of benzene rings is 1. The Hall–Kier alpha value is -2.83. The second-order valence-electron chi connectivity index (χ2n) is 6.45. The van der Waals surface area contributed by atoms with Crippen LogP contribution in [0, 0.1) is 0 Å². The van der Waals surface area contributed by atoms with E-state index >= 15 is 0 Å². The Labute approximate surface area is 154 Å². The number of rotatable bonds is 5. The van der Waals surface area contributed by atoms with Crippen LogP contribution in [0.5, 0.6) is 0 Å². The maximum Gasteiger partial charge on any atom is 0.241 e. The van der Waals surface area contributed by atoms with Gasteiger partial charge >= 0.3 is 0 Å². The number of aromatic nitrogens is 2. The second kappa shape index (κ2) is 8.51. The summed E-state index contributed by atoms with van der Waals surface area (Å²) in [4.78, 5) is 28.1. The molecule has 0 saturated carbocycles. The molecule has 0 atom stereocenters. The first-order valence-electron chi connectivity index (χ1n) is 8.96. The monoisotopic (exact) mass is 354 g/mol. The van der Waals surface area contributed by atoms with E-state index in [0.29, 0.717) is 12.5 Å². The molecule has 1 fully saturated rings. The summed E-state index contributed by atoms with van der Waals surface area (Å²) in [7, 11) is 3.65. The zero-order valence-electron chi connectivity index (χ0n) is 15.4. The number of imidazole rings is 1. The minimum Gasteiger partial charge on any atom is -0.347 e. The van der Waals surface area contributed by atoms with Gasteiger partial charge in [-0.1, -0.05) is 30.3 Å². The lowest BCUT2D eigenvalue weighted by Gasteiger charge is -2.22. The Morgan fingerprint density at radius 2 is 2.04 bits per heavy atom. The molecule has 0 bridgehead atoms. The third kappa shape index (κ3) is 4.41. The molecule has 1 amide bonds. The van der Waals surface area contributed by atoms with Gasteiger partial charge in [-0.15, -0.1) is 0 Å². The summed E-state index contributed by atoms with van der Waals surface area (Å²) in [6.45, 7) is 2.57. The van der Waals surface area contributed by atoms with Crippen molar-refractivity contribution in [2.45, 2.75) is 19.4 Å². The van der Waals surface area contributed by atoms with Crippen molar-refractivity contribution >= 4 is 11.9 Å². The number of aliphatic imine (C=N–C) groups is 1. The van der Waals surface area contributed by atoms with Crippen LogP contribution in [0.25, 0.3) is 11.3 Å². The topological polar surface area (TPSA) is 76.6 Å². The normalized spacial score (nSPS) is 14.5. The molecule has 7 nitrogen and oxygen atoms in total. The van der Waals surface area contributed by atoms with Crippen LogP contribution in [0.1, 0.15) is 18.7 Å². The Morgan fingerprint density at radius 3 is 2.73 bits per heavy atom. The molecule has 3 rings (SSSR count). The van der Waals surface area contributed by atoms with Gasteiger partial charge in [0.15, 0.2) is 5.96 Å². The number of carbonyl (C=O) groups excluding carboxylic acids is 1. The van der Waals surface area contributed by atoms with E-state index < -0.39 is 0 Å². The minimum absolute atomic E-state index is 0.126. The van der Waals surface area contributed by atoms with Crippen molar-refractivity contribution in [2.75, 3.05) is 33.7 Å². The van der Waals surface area contributed by atoms with Gasteiger partial charge in [-0.2, -0.15) is 0 Å². The SMILES string of the molecule is CN=C(NCC(=O)N1CCCC1)N(C)Cc1ncc(-c2ccccc2)[nH]1. The molecular formula is C19H26N6O. The summed E-state index contributed by atoms with van der Waals surface area (Å²) in [6.07, 6.45) is 4.04. The molecule has 1 aromatic carbocycles. The first kappa shape index (κ1) is 18.0. The van der Waals surface area contributed by atoms with Crippen molar-refractivity contribution in [1.82, 2.24) is 25.1 Å². The highest BCUT2D eigenvalue weighted by Crippen LogP contribution is 2.16. The number of nitrogens with zero attached hydrogens (tertiary/aromatic N) is 4. The van der Waals surface area contributed by atoms with Crippen LogP contribution in [0.2, 0.25) is 0 Å². The number of hydrogen-bond donors (Lipinski definition) is 2. The highest BCUT2D eigenvalue weighted by atomic mass is 16.2. The van der Waals surface area contributed by atoms with E-state index in [4.69, 9.17) is 0 Å². The molecule has 2 heterocycles. The fourth-order valence-electron chi connectivity index (χ4n) is 3.12. The summed E-state index contributed by atoms with van der Waals surface area (Å²) in [6, 6.07) is 10.1. The minimum atomic E-state index is 0.126. The first-order chi connectivity index (χ1) is 12.7. The molecule has 7 heteroatoms. The molecular weight excluding hydrogens is 328 g/mol. The largest absolute Gasteiger partial charge is 0.347 e. The highest BCUT2D eigenvalue weighted by molar-refractivity contribution is 5.86. The zero-order chi connectivity index (χ0) is 18.4. The summed E-state index contributed by atoms with van der Waals surface area (Å²) in [5.74, 6) is 1.65. The van der Waals surface area contributed by atoms with Gasteiger partial charge in [-0.05, 0) is 18.4 Å². The molecule has 2 N–H and O–H groups in total. The molecule has 1 aromatic heterocycles. The van der Waals surface area contributed by atoms with Gasteiger partial charge in [0.2, 0.25) is 5.91 Å². The van der Waals surface area contributed by atoms with Crippen LogP contribution >= 0.6 is 0 Å². The van der Waals surface area contributed by atoms with Crippen LogP contribution < -0.4 is 5.32 Å². The molecule has 26 heavy (non-hydrogen) atoms. The Morgan fingerprint density at radius 1 is 1.31 bits per heavy atom. The van der Waals surface area contributed by atoms with Crippen molar-refractivity contribution in [2.24, 2.45) is 4.99 Å². The van der Waals surface area contributed by atoms with Gasteiger partial charge in [-0.25, -0.2) is 4.98 Å². The predicted molar refractivity (Wildman–Crippen MR) is 103 cm³/mol. The van der Waals surface area contributed by atoms with Crippen LogP contribution in [0.4, 0.5) is 0 Å². The van der Waals surface area contributed by atoms with Gasteiger partial charge in [0.05, 0.1) is 25.0 Å². The van der Waals surface area contributed by atoms with Crippen molar-refractivity contribution in [3.05, 3.63) is 42.4 Å². The van der Waals surface area contributed by atoms with Crippen molar-refractivity contribution in [3.63, 3.8) is 0 Å². The third-order valence-corrected chi connectivity index (χ3v) is 4.53. The van der Waals surface area contributed by atoms with E-state index in [-0.39, 0.29) is 12.5 Å². The molecule has 0 aliphatic carbocycles. The predicted octanol–water partition coefficient (Wildman–Crippen LogP) is 1.71. The van der Waals surface area contributed by atoms with E-state index in [1.807, 2.05) is 53.4 Å². The average molecular weight is 354 g/mol. The smallest absolute Gasteiger partial charge is 0.241 e. The fraction of sp³-hybridized carbons (Fsp3) is 0.421. The van der Waals surface area contributed by atoms with E-state index in [9.17, 15) is 4.79 Å². The van der Waals surface area contributed by atoms with Gasteiger partial charge in [0, 0.05) is 27.2 Å². The van der Waals surface area contributed by atoms with Crippen molar-refractivity contribution < 1.29 is 4.79 Å². The van der Waals surface area contributed by atoms with E-state index in [1.165, 1.54) is 0 Å². The van der Waals surface area contributed by atoms with Crippen LogP contribution in [0.3, 0.4) is 0 Å². The lowest BCUT2D eigenvalue weighted by atomic mass is 10.2. The summed E-state index contributed by atoms with van der Waals surface area (Å²) in [5, 5.41) is 3.15. The van der Waals surface area contributed by atoms with Gasteiger partial charge in [0.25, 0.3) is 0 Å². The maximum absolute atomic E-state index is 12.2. The lowest BCUT2D eigenvalue weighted by molar-refractivity contribution is -0.128. The summed E-state index contributed by atoms with van der Waals surface area (Å²) >= 11 is 0. The fourth-order valence-corrected chi connectivity index (χ4v) is 3.12. The number of aromatic amines is 1. The number of guanidine groups is 1. The lowest BCUT2D eigenvalue weighted by Crippen LogP contribution is -2.44. The van der Waals surface area contributed by atoms with Crippen LogP contribution in [0.15, 0.2) is 41.5 Å². The number of hydrogen-bond acceptors (Lipinski definition) is 3. The van der Waals surface area contributed by atoms with Crippen LogP contribution in [-0.4, -0.2) is 65.4 Å². The molecule has 0 spiro atoms. The van der Waals surface area contributed by atoms with Crippen molar-refractivity contribution in [3.8, 4) is 11.3 Å². The Balaban J connectivity index is 1.55. The third-order valence-electron chi connectivity index (χ3n) is 4.53. The number of likely N-dealkylation sites (tertiary alicyclic amines) is 1. The van der Waals surface area contributed by atoms with E-state index in [1.54, 1.807) is 7.05 Å². The number of carbonyl (C=O) groups is 1. The molecule has 0 radical (unpaired) electrons. The molecule has 1 saturated heterocycles. The Bertz CT molecular complexity index is 748. The van der Waals surface area contributed by atoms with Crippen LogP contribution in [-0.2, 0) is 11.3 Å². The summed E-state index contributed by atoms with van der Waals surface area (Å²) in [5.41, 5.74) is 2.09. The molecule has 1 aliphatic rings. The van der Waals surface area contributed by atoms with Gasteiger partial charge in [-0.3, -0.25) is 9.79 Å². The molecule has 2 aromatic rings. The number of nitrogens with one attached hydrogen (secondary N) is 2. The number of H-pyrrole nitrogens is 1. The highest BCUT2D eigenvalue weighted by Gasteiger charge is 2.18.